The van der Waals surface area contributed by atoms with E-state index in [-0.39, 0.29) is 17.7 Å². The molecule has 2 aromatic heterocycles. The second-order valence-corrected chi connectivity index (χ2v) is 8.71. The summed E-state index contributed by atoms with van der Waals surface area (Å²) in [5.41, 5.74) is 5.23. The fraction of sp³-hybridized carbons (Fsp3) is 0.350. The topological polar surface area (TPSA) is 73.8 Å². The predicted molar refractivity (Wildman–Crippen MR) is 102 cm³/mol. The standard InChI is InChI=1S/C20H21FN4OS/c1-19(2)12-20(19,14-7-3-4-8-15(14)21)18-23-17(10-16(22)26)24-25(18)11-13-6-5-9-27-13/h3-9H,10-12H2,1-2H3,(H2,22,26). The van der Waals surface area contributed by atoms with Gasteiger partial charge in [0.05, 0.1) is 18.4 Å². The number of carbonyl (C=O) groups excluding carboxylic acids is 1. The van der Waals surface area contributed by atoms with Gasteiger partial charge >= 0.3 is 0 Å². The SMILES string of the molecule is CC1(C)CC1(c1ccccc1F)c1nc(CC(N)=O)nn1Cc1cccs1. The number of nitrogens with zero attached hydrogens (tertiary/aromatic N) is 3. The molecule has 3 aromatic rings. The van der Waals surface area contributed by atoms with Gasteiger partial charge in [-0.25, -0.2) is 14.1 Å². The molecule has 0 radical (unpaired) electrons. The van der Waals surface area contributed by atoms with Crippen LogP contribution in [-0.4, -0.2) is 20.7 Å². The first kappa shape index (κ1) is 17.9. The molecule has 140 valence electrons. The number of thiophene rings is 1. The molecule has 0 saturated heterocycles. The molecular formula is C20H21FN4OS. The van der Waals surface area contributed by atoms with Crippen molar-refractivity contribution in [3.8, 4) is 0 Å². The lowest BCUT2D eigenvalue weighted by Crippen LogP contribution is -2.24. The van der Waals surface area contributed by atoms with E-state index in [4.69, 9.17) is 5.73 Å². The second kappa shape index (κ2) is 6.27. The number of aromatic nitrogens is 3. The molecule has 27 heavy (non-hydrogen) atoms. The number of benzene rings is 1. The van der Waals surface area contributed by atoms with Gasteiger partial charge in [0.15, 0.2) is 5.82 Å². The number of primary amides is 1. The van der Waals surface area contributed by atoms with Crippen LogP contribution in [0.25, 0.3) is 0 Å². The molecule has 0 bridgehead atoms. The van der Waals surface area contributed by atoms with Crippen LogP contribution in [0.1, 0.15) is 42.4 Å². The maximum atomic E-state index is 14.8. The number of halogens is 1. The third kappa shape index (κ3) is 2.96. The van der Waals surface area contributed by atoms with E-state index < -0.39 is 11.3 Å². The molecule has 7 heteroatoms. The lowest BCUT2D eigenvalue weighted by Gasteiger charge is -2.21. The van der Waals surface area contributed by atoms with Crippen LogP contribution >= 0.6 is 11.3 Å². The summed E-state index contributed by atoms with van der Waals surface area (Å²) >= 11 is 1.63. The first-order valence-electron chi connectivity index (χ1n) is 8.83. The van der Waals surface area contributed by atoms with Crippen LogP contribution in [0, 0.1) is 11.2 Å². The summed E-state index contributed by atoms with van der Waals surface area (Å²) in [7, 11) is 0. The molecule has 1 saturated carbocycles. The molecule has 0 spiro atoms. The molecular weight excluding hydrogens is 363 g/mol. The summed E-state index contributed by atoms with van der Waals surface area (Å²) in [4.78, 5) is 17.2. The van der Waals surface area contributed by atoms with Gasteiger partial charge in [-0.05, 0) is 29.3 Å². The third-order valence-electron chi connectivity index (χ3n) is 5.39. The van der Waals surface area contributed by atoms with Crippen molar-refractivity contribution in [2.24, 2.45) is 11.1 Å². The van der Waals surface area contributed by atoms with Crippen LogP contribution in [0.2, 0.25) is 0 Å². The molecule has 0 aliphatic heterocycles. The van der Waals surface area contributed by atoms with Crippen LogP contribution in [0.5, 0.6) is 0 Å². The Balaban J connectivity index is 1.86. The molecule has 4 rings (SSSR count). The van der Waals surface area contributed by atoms with Gasteiger partial charge in [-0.3, -0.25) is 4.79 Å². The highest BCUT2D eigenvalue weighted by atomic mass is 32.1. The van der Waals surface area contributed by atoms with E-state index in [2.05, 4.69) is 23.9 Å². The Bertz CT molecular complexity index is 995. The highest BCUT2D eigenvalue weighted by Crippen LogP contribution is 2.67. The minimum atomic E-state index is -0.571. The lowest BCUT2D eigenvalue weighted by atomic mass is 9.86. The zero-order valence-corrected chi connectivity index (χ0v) is 16.1. The molecule has 1 aliphatic rings. The van der Waals surface area contributed by atoms with Crippen molar-refractivity contribution in [1.82, 2.24) is 14.8 Å². The zero-order chi connectivity index (χ0) is 19.2. The first-order chi connectivity index (χ1) is 12.8. The third-order valence-corrected chi connectivity index (χ3v) is 6.25. The van der Waals surface area contributed by atoms with Gasteiger partial charge in [-0.15, -0.1) is 11.3 Å². The molecule has 1 fully saturated rings. The van der Waals surface area contributed by atoms with Crippen LogP contribution in [0.4, 0.5) is 4.39 Å². The Morgan fingerprint density at radius 3 is 2.63 bits per heavy atom. The molecule has 2 heterocycles. The largest absolute Gasteiger partial charge is 0.369 e. The van der Waals surface area contributed by atoms with E-state index in [0.29, 0.717) is 23.8 Å². The minimum Gasteiger partial charge on any atom is -0.369 e. The summed E-state index contributed by atoms with van der Waals surface area (Å²) in [6.45, 7) is 4.75. The Hall–Kier alpha value is -2.54. The number of hydrogen-bond acceptors (Lipinski definition) is 4. The molecule has 1 amide bonds. The van der Waals surface area contributed by atoms with Gasteiger partial charge in [-0.1, -0.05) is 38.1 Å². The molecule has 1 aromatic carbocycles. The van der Waals surface area contributed by atoms with E-state index in [9.17, 15) is 9.18 Å². The Morgan fingerprint density at radius 2 is 2.04 bits per heavy atom. The van der Waals surface area contributed by atoms with Gasteiger partial charge in [0, 0.05) is 10.4 Å². The van der Waals surface area contributed by atoms with Crippen molar-refractivity contribution >= 4 is 17.2 Å². The van der Waals surface area contributed by atoms with E-state index >= 15 is 0 Å². The Kier molecular flexibility index (Phi) is 4.14. The maximum absolute atomic E-state index is 14.8. The zero-order valence-electron chi connectivity index (χ0n) is 15.3. The highest BCUT2D eigenvalue weighted by Gasteiger charge is 2.66. The van der Waals surface area contributed by atoms with Crippen molar-refractivity contribution in [1.29, 1.82) is 0 Å². The number of carbonyl (C=O) groups is 1. The van der Waals surface area contributed by atoms with Crippen molar-refractivity contribution in [3.63, 3.8) is 0 Å². The first-order valence-corrected chi connectivity index (χ1v) is 9.71. The fourth-order valence-electron chi connectivity index (χ4n) is 3.98. The Labute approximate surface area is 161 Å². The highest BCUT2D eigenvalue weighted by molar-refractivity contribution is 7.09. The monoisotopic (exact) mass is 384 g/mol. The summed E-state index contributed by atoms with van der Waals surface area (Å²) in [5, 5.41) is 6.55. The van der Waals surface area contributed by atoms with Crippen LogP contribution in [-0.2, 0) is 23.2 Å². The average molecular weight is 384 g/mol. The molecule has 1 aliphatic carbocycles. The van der Waals surface area contributed by atoms with Crippen molar-refractivity contribution in [2.75, 3.05) is 0 Å². The maximum Gasteiger partial charge on any atom is 0.225 e. The quantitative estimate of drug-likeness (QED) is 0.709. The van der Waals surface area contributed by atoms with E-state index in [1.807, 2.05) is 34.3 Å². The number of nitrogens with two attached hydrogens (primary N) is 1. The Morgan fingerprint density at radius 1 is 1.30 bits per heavy atom. The number of rotatable bonds is 6. The molecule has 5 nitrogen and oxygen atoms in total. The van der Waals surface area contributed by atoms with Gasteiger partial charge in [0.2, 0.25) is 5.91 Å². The smallest absolute Gasteiger partial charge is 0.225 e. The van der Waals surface area contributed by atoms with Crippen molar-refractivity contribution in [3.05, 3.63) is 69.7 Å². The minimum absolute atomic E-state index is 0.0295. The number of amides is 1. The van der Waals surface area contributed by atoms with E-state index in [0.717, 1.165) is 11.3 Å². The summed E-state index contributed by atoms with van der Waals surface area (Å²) in [5.74, 6) is 0.352. The average Bonchev–Trinajstić information content (AvgIpc) is 2.99. The van der Waals surface area contributed by atoms with Crippen LogP contribution in [0.3, 0.4) is 0 Å². The normalized spacial score (nSPS) is 20.6. The van der Waals surface area contributed by atoms with Crippen molar-refractivity contribution in [2.45, 2.75) is 38.6 Å². The van der Waals surface area contributed by atoms with E-state index in [1.54, 1.807) is 17.4 Å². The van der Waals surface area contributed by atoms with Crippen LogP contribution < -0.4 is 5.73 Å². The summed E-state index contributed by atoms with van der Waals surface area (Å²) in [6.07, 6.45) is 0.734. The summed E-state index contributed by atoms with van der Waals surface area (Å²) in [6, 6.07) is 10.8. The lowest BCUT2D eigenvalue weighted by molar-refractivity contribution is -0.117. The molecule has 1 atom stereocenters. The molecule has 1 unspecified atom stereocenters. The fourth-order valence-corrected chi connectivity index (χ4v) is 4.67. The van der Waals surface area contributed by atoms with Gasteiger partial charge in [0.1, 0.15) is 11.6 Å². The number of hydrogen-bond donors (Lipinski definition) is 1. The summed E-state index contributed by atoms with van der Waals surface area (Å²) < 4.78 is 16.6. The van der Waals surface area contributed by atoms with E-state index in [1.165, 1.54) is 6.07 Å². The predicted octanol–water partition coefficient (Wildman–Crippen LogP) is 3.27. The molecule has 2 N–H and O–H groups in total. The van der Waals surface area contributed by atoms with Crippen LogP contribution in [0.15, 0.2) is 41.8 Å². The van der Waals surface area contributed by atoms with Crippen molar-refractivity contribution < 1.29 is 9.18 Å². The second-order valence-electron chi connectivity index (χ2n) is 7.68. The van der Waals surface area contributed by atoms with Gasteiger partial charge < -0.3 is 5.73 Å². The van der Waals surface area contributed by atoms with Gasteiger partial charge in [0.25, 0.3) is 0 Å². The van der Waals surface area contributed by atoms with Gasteiger partial charge in [-0.2, -0.15) is 5.10 Å².